The molecule has 0 atom stereocenters. The van der Waals surface area contributed by atoms with Crippen LogP contribution in [0.3, 0.4) is 0 Å². The topological polar surface area (TPSA) is 73.1 Å². The summed E-state index contributed by atoms with van der Waals surface area (Å²) in [6, 6.07) is 9.81. The van der Waals surface area contributed by atoms with Crippen LogP contribution in [0.1, 0.15) is 24.8 Å². The lowest BCUT2D eigenvalue weighted by molar-refractivity contribution is -0.137. The molecule has 0 aliphatic rings. The number of hydrogen-bond acceptors (Lipinski definition) is 3. The molecule has 90 valence electrons. The second-order valence-corrected chi connectivity index (χ2v) is 3.81. The maximum Gasteiger partial charge on any atom is 0.303 e. The molecule has 0 heterocycles. The summed E-state index contributed by atoms with van der Waals surface area (Å²) in [6.07, 6.45) is 2.18. The normalized spacial score (nSPS) is 9.59. The molecule has 4 nitrogen and oxygen atoms in total. The molecule has 1 rings (SSSR count). The first-order valence-corrected chi connectivity index (χ1v) is 5.64. The van der Waals surface area contributed by atoms with Crippen molar-refractivity contribution < 1.29 is 9.90 Å². The summed E-state index contributed by atoms with van der Waals surface area (Å²) in [6.45, 7) is 0.769. The van der Waals surface area contributed by atoms with Crippen LogP contribution in [-0.2, 0) is 11.2 Å². The third-order valence-electron chi connectivity index (χ3n) is 2.38. The summed E-state index contributed by atoms with van der Waals surface area (Å²) < 4.78 is 0. The van der Waals surface area contributed by atoms with E-state index < -0.39 is 5.97 Å². The molecule has 4 heteroatoms. The number of benzene rings is 1. The maximum atomic E-state index is 10.3. The van der Waals surface area contributed by atoms with Crippen LogP contribution >= 0.6 is 0 Å². The van der Waals surface area contributed by atoms with Crippen molar-refractivity contribution in [2.45, 2.75) is 25.7 Å². The number of aliphatic carboxylic acids is 1. The molecule has 0 saturated carbocycles. The Balaban J connectivity index is 2.23. The number of carboxylic acids is 1. The Kier molecular flexibility index (Phi) is 5.59. The number of anilines is 1. The lowest BCUT2D eigenvalue weighted by Crippen LogP contribution is -2.03. The van der Waals surface area contributed by atoms with E-state index in [2.05, 4.69) is 11.4 Å². The lowest BCUT2D eigenvalue weighted by Gasteiger charge is -2.06. The molecule has 0 amide bonds. The zero-order valence-corrected chi connectivity index (χ0v) is 9.65. The van der Waals surface area contributed by atoms with Gasteiger partial charge in [-0.05, 0) is 30.5 Å². The fraction of sp³-hybridized carbons (Fsp3) is 0.385. The third-order valence-corrected chi connectivity index (χ3v) is 2.38. The molecule has 1 aromatic carbocycles. The summed E-state index contributed by atoms with van der Waals surface area (Å²) in [7, 11) is 0. The highest BCUT2D eigenvalue weighted by atomic mass is 16.4. The first kappa shape index (κ1) is 13.0. The van der Waals surface area contributed by atoms with E-state index in [1.807, 2.05) is 24.3 Å². The van der Waals surface area contributed by atoms with E-state index in [4.69, 9.17) is 10.4 Å². The van der Waals surface area contributed by atoms with E-state index in [0.717, 1.165) is 24.2 Å². The van der Waals surface area contributed by atoms with Crippen molar-refractivity contribution in [2.24, 2.45) is 0 Å². The molecule has 0 aromatic heterocycles. The molecule has 17 heavy (non-hydrogen) atoms. The molecule has 2 N–H and O–H groups in total. The van der Waals surface area contributed by atoms with Gasteiger partial charge in [-0.2, -0.15) is 5.26 Å². The minimum atomic E-state index is -0.745. The molecule has 0 unspecified atom stereocenters. The summed E-state index contributed by atoms with van der Waals surface area (Å²) >= 11 is 0. The summed E-state index contributed by atoms with van der Waals surface area (Å²) in [5.74, 6) is -0.745. The molecule has 1 aromatic rings. The molecule has 0 spiro atoms. The van der Waals surface area contributed by atoms with Crippen LogP contribution < -0.4 is 5.32 Å². The summed E-state index contributed by atoms with van der Waals surface area (Å²) in [5.41, 5.74) is 2.01. The van der Waals surface area contributed by atoms with Gasteiger partial charge in [-0.3, -0.25) is 4.79 Å². The van der Waals surface area contributed by atoms with Crippen molar-refractivity contribution in [1.29, 1.82) is 5.26 Å². The SMILES string of the molecule is N#CCc1ccc(NCCCCC(=O)O)cc1. The Bertz CT molecular complexity index is 393. The molecule has 0 saturated heterocycles. The first-order valence-electron chi connectivity index (χ1n) is 5.64. The summed E-state index contributed by atoms with van der Waals surface area (Å²) in [4.78, 5) is 10.3. The van der Waals surface area contributed by atoms with Gasteiger partial charge < -0.3 is 10.4 Å². The number of unbranched alkanes of at least 4 members (excludes halogenated alkanes) is 1. The molecular weight excluding hydrogens is 216 g/mol. The molecule has 0 aliphatic carbocycles. The van der Waals surface area contributed by atoms with Gasteiger partial charge in [0.2, 0.25) is 0 Å². The number of nitriles is 1. The van der Waals surface area contributed by atoms with Gasteiger partial charge in [0.05, 0.1) is 12.5 Å². The van der Waals surface area contributed by atoms with Crippen molar-refractivity contribution in [3.05, 3.63) is 29.8 Å². The number of hydrogen-bond donors (Lipinski definition) is 2. The largest absolute Gasteiger partial charge is 0.481 e. The average molecular weight is 232 g/mol. The standard InChI is InChI=1S/C13H16N2O2/c14-9-8-11-4-6-12(7-5-11)15-10-2-1-3-13(16)17/h4-7,15H,1-3,8,10H2,(H,16,17). The van der Waals surface area contributed by atoms with Crippen LogP contribution in [0.15, 0.2) is 24.3 Å². The Morgan fingerprint density at radius 3 is 2.59 bits per heavy atom. The predicted molar refractivity (Wildman–Crippen MR) is 65.7 cm³/mol. The van der Waals surface area contributed by atoms with Gasteiger partial charge in [0.1, 0.15) is 0 Å². The minimum Gasteiger partial charge on any atom is -0.481 e. The molecule has 0 bridgehead atoms. The first-order chi connectivity index (χ1) is 8.22. The van der Waals surface area contributed by atoms with E-state index in [-0.39, 0.29) is 6.42 Å². The van der Waals surface area contributed by atoms with Gasteiger partial charge in [0.25, 0.3) is 0 Å². The summed E-state index contributed by atoms with van der Waals surface area (Å²) in [5, 5.41) is 20.2. The quantitative estimate of drug-likeness (QED) is 0.708. The predicted octanol–water partition coefficient (Wildman–Crippen LogP) is 2.42. The van der Waals surface area contributed by atoms with Crippen LogP contribution in [0.5, 0.6) is 0 Å². The van der Waals surface area contributed by atoms with Gasteiger partial charge >= 0.3 is 5.97 Å². The van der Waals surface area contributed by atoms with Crippen LogP contribution in [0, 0.1) is 11.3 Å². The number of carbonyl (C=O) groups is 1. The van der Waals surface area contributed by atoms with E-state index in [1.165, 1.54) is 0 Å². The number of nitrogens with zero attached hydrogens (tertiary/aromatic N) is 1. The zero-order valence-electron chi connectivity index (χ0n) is 9.65. The van der Waals surface area contributed by atoms with Crippen molar-refractivity contribution >= 4 is 11.7 Å². The molecule has 0 fully saturated rings. The van der Waals surface area contributed by atoms with Gasteiger partial charge in [-0.25, -0.2) is 0 Å². The Morgan fingerprint density at radius 2 is 2.00 bits per heavy atom. The zero-order chi connectivity index (χ0) is 12.5. The second-order valence-electron chi connectivity index (χ2n) is 3.81. The van der Waals surface area contributed by atoms with Crippen molar-refractivity contribution in [3.8, 4) is 6.07 Å². The van der Waals surface area contributed by atoms with Crippen LogP contribution in [-0.4, -0.2) is 17.6 Å². The van der Waals surface area contributed by atoms with E-state index >= 15 is 0 Å². The molecule has 0 radical (unpaired) electrons. The van der Waals surface area contributed by atoms with E-state index in [9.17, 15) is 4.79 Å². The third kappa shape index (κ3) is 5.57. The molecular formula is C13H16N2O2. The molecule has 0 aliphatic heterocycles. The van der Waals surface area contributed by atoms with Crippen LogP contribution in [0.2, 0.25) is 0 Å². The lowest BCUT2D eigenvalue weighted by atomic mass is 10.1. The van der Waals surface area contributed by atoms with Crippen molar-refractivity contribution in [1.82, 2.24) is 0 Å². The van der Waals surface area contributed by atoms with E-state index in [0.29, 0.717) is 12.8 Å². The number of rotatable bonds is 7. The minimum absolute atomic E-state index is 0.225. The van der Waals surface area contributed by atoms with Crippen LogP contribution in [0.4, 0.5) is 5.69 Å². The fourth-order valence-electron chi connectivity index (χ4n) is 1.47. The van der Waals surface area contributed by atoms with Crippen molar-refractivity contribution in [2.75, 3.05) is 11.9 Å². The average Bonchev–Trinajstić information content (AvgIpc) is 2.31. The monoisotopic (exact) mass is 232 g/mol. The number of nitrogens with one attached hydrogen (secondary N) is 1. The highest BCUT2D eigenvalue weighted by Crippen LogP contribution is 2.10. The Labute approximate surface area is 101 Å². The Morgan fingerprint density at radius 1 is 1.29 bits per heavy atom. The van der Waals surface area contributed by atoms with Crippen molar-refractivity contribution in [3.63, 3.8) is 0 Å². The maximum absolute atomic E-state index is 10.3. The van der Waals surface area contributed by atoms with Gasteiger partial charge in [-0.1, -0.05) is 12.1 Å². The van der Waals surface area contributed by atoms with Gasteiger partial charge in [0, 0.05) is 18.7 Å². The second kappa shape index (κ2) is 7.29. The number of carboxylic acid groups (broad SMARTS) is 1. The highest BCUT2D eigenvalue weighted by molar-refractivity contribution is 5.66. The highest BCUT2D eigenvalue weighted by Gasteiger charge is 1.97. The Hall–Kier alpha value is -2.02. The van der Waals surface area contributed by atoms with Crippen LogP contribution in [0.25, 0.3) is 0 Å². The van der Waals surface area contributed by atoms with Gasteiger partial charge in [-0.15, -0.1) is 0 Å². The fourth-order valence-corrected chi connectivity index (χ4v) is 1.47. The smallest absolute Gasteiger partial charge is 0.303 e. The van der Waals surface area contributed by atoms with E-state index in [1.54, 1.807) is 0 Å². The van der Waals surface area contributed by atoms with Gasteiger partial charge in [0.15, 0.2) is 0 Å².